The molecule has 144 valence electrons. The van der Waals surface area contributed by atoms with Gasteiger partial charge in [0.25, 0.3) is 0 Å². The molecule has 0 fully saturated rings. The molecule has 4 nitrogen and oxygen atoms in total. The number of hydrogen-bond acceptors (Lipinski definition) is 2. The van der Waals surface area contributed by atoms with Gasteiger partial charge in [-0.1, -0.05) is 51.1 Å². The van der Waals surface area contributed by atoms with Gasteiger partial charge in [-0.05, 0) is 55.0 Å². The first kappa shape index (κ1) is 20.7. The van der Waals surface area contributed by atoms with Gasteiger partial charge < -0.3 is 10.6 Å². The summed E-state index contributed by atoms with van der Waals surface area (Å²) in [6, 6.07) is 13.8. The summed E-state index contributed by atoms with van der Waals surface area (Å²) in [6.07, 6.45) is 1.45. The molecule has 0 bridgehead atoms. The first-order valence-electron chi connectivity index (χ1n) is 9.61. The van der Waals surface area contributed by atoms with Gasteiger partial charge in [0, 0.05) is 17.8 Å². The molecule has 0 spiro atoms. The van der Waals surface area contributed by atoms with E-state index < -0.39 is 0 Å². The van der Waals surface area contributed by atoms with Crippen molar-refractivity contribution >= 4 is 23.2 Å². The molecule has 2 N–H and O–H groups in total. The molecule has 2 rings (SSSR count). The van der Waals surface area contributed by atoms with Crippen LogP contribution in [0.2, 0.25) is 0 Å². The fourth-order valence-corrected chi connectivity index (χ4v) is 2.95. The molecule has 2 amide bonds. The maximum Gasteiger partial charge on any atom is 0.231 e. The first-order valence-corrected chi connectivity index (χ1v) is 9.61. The largest absolute Gasteiger partial charge is 0.326 e. The monoisotopic (exact) mass is 366 g/mol. The topological polar surface area (TPSA) is 58.2 Å². The SMILES string of the molecule is CCC(=O)Nc1cccc(NC(=O)C(C)c2ccc(CC(C)C)cc2)c1C. The van der Waals surface area contributed by atoms with E-state index >= 15 is 0 Å². The average molecular weight is 367 g/mol. The van der Waals surface area contributed by atoms with Crippen LogP contribution in [0.5, 0.6) is 0 Å². The van der Waals surface area contributed by atoms with Crippen LogP contribution in [0.25, 0.3) is 0 Å². The molecule has 2 aromatic carbocycles. The normalized spacial score (nSPS) is 11.9. The highest BCUT2D eigenvalue weighted by molar-refractivity contribution is 5.98. The van der Waals surface area contributed by atoms with Crippen molar-refractivity contribution in [3.8, 4) is 0 Å². The van der Waals surface area contributed by atoms with Crippen molar-refractivity contribution in [3.63, 3.8) is 0 Å². The molecule has 0 radical (unpaired) electrons. The molecular weight excluding hydrogens is 336 g/mol. The zero-order valence-electron chi connectivity index (χ0n) is 16.9. The highest BCUT2D eigenvalue weighted by atomic mass is 16.2. The third kappa shape index (κ3) is 5.68. The average Bonchev–Trinajstić information content (AvgIpc) is 2.64. The van der Waals surface area contributed by atoms with E-state index in [0.717, 1.165) is 28.9 Å². The van der Waals surface area contributed by atoms with Crippen LogP contribution < -0.4 is 10.6 Å². The summed E-state index contributed by atoms with van der Waals surface area (Å²) in [5.41, 5.74) is 4.58. The second-order valence-corrected chi connectivity index (χ2v) is 7.43. The van der Waals surface area contributed by atoms with Crippen molar-refractivity contribution in [3.05, 3.63) is 59.2 Å². The van der Waals surface area contributed by atoms with Crippen molar-refractivity contribution < 1.29 is 9.59 Å². The molecule has 0 aliphatic heterocycles. The maximum absolute atomic E-state index is 12.7. The number of nitrogens with one attached hydrogen (secondary N) is 2. The number of benzene rings is 2. The minimum atomic E-state index is -0.258. The Morgan fingerprint density at radius 3 is 2.07 bits per heavy atom. The van der Waals surface area contributed by atoms with Gasteiger partial charge in [0.1, 0.15) is 0 Å². The molecule has 0 heterocycles. The lowest BCUT2D eigenvalue weighted by Gasteiger charge is -2.17. The van der Waals surface area contributed by atoms with Crippen molar-refractivity contribution in [2.45, 2.75) is 53.4 Å². The summed E-state index contributed by atoms with van der Waals surface area (Å²) in [5.74, 6) is 0.247. The second kappa shape index (κ2) is 9.36. The predicted molar refractivity (Wildman–Crippen MR) is 112 cm³/mol. The van der Waals surface area contributed by atoms with Crippen LogP contribution in [-0.4, -0.2) is 11.8 Å². The number of carbonyl (C=O) groups excluding carboxylic acids is 2. The molecule has 2 aromatic rings. The van der Waals surface area contributed by atoms with E-state index in [1.807, 2.05) is 51.1 Å². The van der Waals surface area contributed by atoms with Crippen LogP contribution in [0.15, 0.2) is 42.5 Å². The Labute approximate surface area is 162 Å². The summed E-state index contributed by atoms with van der Waals surface area (Å²) in [7, 11) is 0. The van der Waals surface area contributed by atoms with Gasteiger partial charge >= 0.3 is 0 Å². The molecular formula is C23H30N2O2. The van der Waals surface area contributed by atoms with E-state index in [1.54, 1.807) is 0 Å². The smallest absolute Gasteiger partial charge is 0.231 e. The zero-order valence-corrected chi connectivity index (χ0v) is 16.9. The summed E-state index contributed by atoms with van der Waals surface area (Å²) in [4.78, 5) is 24.4. The second-order valence-electron chi connectivity index (χ2n) is 7.43. The summed E-state index contributed by atoms with van der Waals surface area (Å²) in [6.45, 7) is 10.0. The molecule has 0 aromatic heterocycles. The van der Waals surface area contributed by atoms with Crippen LogP contribution in [0, 0.1) is 12.8 Å². The van der Waals surface area contributed by atoms with E-state index in [1.165, 1.54) is 5.56 Å². The lowest BCUT2D eigenvalue weighted by atomic mass is 9.96. The Morgan fingerprint density at radius 1 is 0.926 bits per heavy atom. The van der Waals surface area contributed by atoms with Gasteiger partial charge in [-0.15, -0.1) is 0 Å². The molecule has 1 unspecified atom stereocenters. The molecule has 0 aliphatic carbocycles. The third-order valence-electron chi connectivity index (χ3n) is 4.70. The van der Waals surface area contributed by atoms with E-state index in [-0.39, 0.29) is 17.7 Å². The highest BCUT2D eigenvalue weighted by Crippen LogP contribution is 2.26. The van der Waals surface area contributed by atoms with Gasteiger partial charge in [-0.25, -0.2) is 0 Å². The fraction of sp³-hybridized carbons (Fsp3) is 0.391. The van der Waals surface area contributed by atoms with Crippen molar-refractivity contribution in [1.29, 1.82) is 0 Å². The Kier molecular flexibility index (Phi) is 7.17. The molecule has 27 heavy (non-hydrogen) atoms. The Bertz CT molecular complexity index is 795. The number of amides is 2. The highest BCUT2D eigenvalue weighted by Gasteiger charge is 2.17. The third-order valence-corrected chi connectivity index (χ3v) is 4.70. The van der Waals surface area contributed by atoms with E-state index in [9.17, 15) is 9.59 Å². The van der Waals surface area contributed by atoms with Crippen LogP contribution in [-0.2, 0) is 16.0 Å². The number of hydrogen-bond donors (Lipinski definition) is 2. The first-order chi connectivity index (χ1) is 12.8. The minimum absolute atomic E-state index is 0.0450. The molecule has 0 saturated heterocycles. The standard InChI is InChI=1S/C23H30N2O2/c1-6-22(26)24-20-8-7-9-21(17(20)5)25-23(27)16(4)19-12-10-18(11-13-19)14-15(2)3/h7-13,15-16H,6,14H2,1-5H3,(H,24,26)(H,25,27). The molecule has 1 atom stereocenters. The van der Waals surface area contributed by atoms with Crippen molar-refractivity contribution in [1.82, 2.24) is 0 Å². The molecule has 0 aliphatic rings. The van der Waals surface area contributed by atoms with Crippen molar-refractivity contribution in [2.75, 3.05) is 10.6 Å². The van der Waals surface area contributed by atoms with Gasteiger partial charge in [0.05, 0.1) is 5.92 Å². The number of rotatable bonds is 7. The maximum atomic E-state index is 12.7. The minimum Gasteiger partial charge on any atom is -0.326 e. The number of carbonyl (C=O) groups is 2. The predicted octanol–water partition coefficient (Wildman–Crippen LogP) is 5.28. The van der Waals surface area contributed by atoms with Gasteiger partial charge in [0.2, 0.25) is 11.8 Å². The Hall–Kier alpha value is -2.62. The van der Waals surface area contributed by atoms with Crippen molar-refractivity contribution in [2.24, 2.45) is 5.92 Å². The summed E-state index contributed by atoms with van der Waals surface area (Å²) >= 11 is 0. The van der Waals surface area contributed by atoms with Gasteiger partial charge in [-0.2, -0.15) is 0 Å². The summed E-state index contributed by atoms with van der Waals surface area (Å²) < 4.78 is 0. The lowest BCUT2D eigenvalue weighted by Crippen LogP contribution is -2.20. The molecule has 4 heteroatoms. The van der Waals surface area contributed by atoms with E-state index in [4.69, 9.17) is 0 Å². The lowest BCUT2D eigenvalue weighted by molar-refractivity contribution is -0.117. The van der Waals surface area contributed by atoms with Gasteiger partial charge in [0.15, 0.2) is 0 Å². The van der Waals surface area contributed by atoms with Crippen LogP contribution in [0.1, 0.15) is 56.7 Å². The quantitative estimate of drug-likeness (QED) is 0.700. The van der Waals surface area contributed by atoms with E-state index in [0.29, 0.717) is 12.3 Å². The van der Waals surface area contributed by atoms with Crippen LogP contribution in [0.4, 0.5) is 11.4 Å². The zero-order chi connectivity index (χ0) is 20.0. The Balaban J connectivity index is 2.10. The van der Waals surface area contributed by atoms with Crippen LogP contribution >= 0.6 is 0 Å². The Morgan fingerprint density at radius 2 is 1.52 bits per heavy atom. The molecule has 0 saturated carbocycles. The number of anilines is 2. The van der Waals surface area contributed by atoms with Crippen LogP contribution in [0.3, 0.4) is 0 Å². The van der Waals surface area contributed by atoms with Gasteiger partial charge in [-0.3, -0.25) is 9.59 Å². The summed E-state index contributed by atoms with van der Waals surface area (Å²) in [5, 5.41) is 5.86. The fourth-order valence-electron chi connectivity index (χ4n) is 2.95. The van der Waals surface area contributed by atoms with E-state index in [2.05, 4.69) is 36.6 Å².